The number of anilines is 1. The summed E-state index contributed by atoms with van der Waals surface area (Å²) in [5.74, 6) is -0.896. The minimum atomic E-state index is -0.541. The van der Waals surface area contributed by atoms with Gasteiger partial charge in [0.1, 0.15) is 5.75 Å². The van der Waals surface area contributed by atoms with E-state index in [1.165, 1.54) is 6.07 Å². The number of hydrazone groups is 1. The SMILES string of the molecule is CC(CC(=O)Nc1cccc(I)c1)=NNC(=O)c1cc2ccccc2cc1O. The van der Waals surface area contributed by atoms with E-state index in [0.29, 0.717) is 11.4 Å². The molecule has 0 atom stereocenters. The number of benzene rings is 3. The number of carbonyl (C=O) groups excluding carboxylic acids is 2. The van der Waals surface area contributed by atoms with Crippen LogP contribution in [0.5, 0.6) is 5.75 Å². The first kappa shape index (κ1) is 19.8. The van der Waals surface area contributed by atoms with E-state index in [-0.39, 0.29) is 23.6 Å². The number of nitrogens with one attached hydrogen (secondary N) is 2. The van der Waals surface area contributed by atoms with Crippen molar-refractivity contribution in [3.05, 3.63) is 69.8 Å². The third kappa shape index (κ3) is 5.07. The summed E-state index contributed by atoms with van der Waals surface area (Å²) in [6.45, 7) is 1.65. The van der Waals surface area contributed by atoms with Crippen LogP contribution in [-0.2, 0) is 4.79 Å². The van der Waals surface area contributed by atoms with Crippen molar-refractivity contribution in [2.45, 2.75) is 13.3 Å². The van der Waals surface area contributed by atoms with Crippen LogP contribution in [0.3, 0.4) is 0 Å². The molecule has 3 N–H and O–H groups in total. The Morgan fingerprint density at radius 3 is 2.46 bits per heavy atom. The summed E-state index contributed by atoms with van der Waals surface area (Å²) in [7, 11) is 0. The lowest BCUT2D eigenvalue weighted by Gasteiger charge is -2.07. The molecule has 0 aliphatic rings. The summed E-state index contributed by atoms with van der Waals surface area (Å²) >= 11 is 2.17. The highest BCUT2D eigenvalue weighted by Gasteiger charge is 2.12. The van der Waals surface area contributed by atoms with Crippen molar-refractivity contribution in [1.82, 2.24) is 5.43 Å². The van der Waals surface area contributed by atoms with Crippen molar-refractivity contribution < 1.29 is 14.7 Å². The standard InChI is InChI=1S/C21H18IN3O3/c1-13(9-20(27)23-17-8-4-7-16(22)12-17)24-25-21(28)18-10-14-5-2-3-6-15(14)11-19(18)26/h2-8,10-12,26H,9H2,1H3,(H,23,27)(H,25,28). The Hall–Kier alpha value is -2.94. The van der Waals surface area contributed by atoms with E-state index < -0.39 is 5.91 Å². The molecule has 0 aliphatic carbocycles. The fourth-order valence-corrected chi connectivity index (χ4v) is 3.20. The van der Waals surface area contributed by atoms with Gasteiger partial charge in [-0.1, -0.05) is 30.3 Å². The number of aromatic hydroxyl groups is 1. The van der Waals surface area contributed by atoms with Crippen LogP contribution >= 0.6 is 22.6 Å². The zero-order chi connectivity index (χ0) is 20.1. The first-order chi connectivity index (χ1) is 13.4. The first-order valence-corrected chi connectivity index (χ1v) is 9.61. The number of hydrogen-bond donors (Lipinski definition) is 3. The van der Waals surface area contributed by atoms with Crippen molar-refractivity contribution in [3.8, 4) is 5.75 Å². The molecular formula is C21H18IN3O3. The number of fused-ring (bicyclic) bond motifs is 1. The summed E-state index contributed by atoms with van der Waals surface area (Å²) in [5, 5.41) is 18.5. The van der Waals surface area contributed by atoms with Crippen molar-refractivity contribution in [1.29, 1.82) is 0 Å². The quantitative estimate of drug-likeness (QED) is 0.285. The summed E-state index contributed by atoms with van der Waals surface area (Å²) in [6.07, 6.45) is 0.0372. The van der Waals surface area contributed by atoms with Gasteiger partial charge < -0.3 is 10.4 Å². The molecule has 0 bridgehead atoms. The molecule has 0 saturated carbocycles. The molecule has 0 aliphatic heterocycles. The Labute approximate surface area is 175 Å². The molecule has 0 heterocycles. The highest BCUT2D eigenvalue weighted by Crippen LogP contribution is 2.24. The lowest BCUT2D eigenvalue weighted by atomic mass is 10.1. The van der Waals surface area contributed by atoms with Gasteiger partial charge in [-0.3, -0.25) is 9.59 Å². The van der Waals surface area contributed by atoms with E-state index in [0.717, 1.165) is 14.3 Å². The fourth-order valence-electron chi connectivity index (χ4n) is 2.66. The fraction of sp³-hybridized carbons (Fsp3) is 0.0952. The second kappa shape index (κ2) is 8.83. The Bertz CT molecular complexity index is 1080. The number of amides is 2. The lowest BCUT2D eigenvalue weighted by molar-refractivity contribution is -0.115. The monoisotopic (exact) mass is 487 g/mol. The highest BCUT2D eigenvalue weighted by molar-refractivity contribution is 14.1. The predicted octanol–water partition coefficient (Wildman–Crippen LogP) is 4.28. The van der Waals surface area contributed by atoms with Gasteiger partial charge in [0, 0.05) is 15.0 Å². The molecular weight excluding hydrogens is 469 g/mol. The third-order valence-electron chi connectivity index (χ3n) is 3.98. The van der Waals surface area contributed by atoms with Crippen LogP contribution in [0.25, 0.3) is 10.8 Å². The van der Waals surface area contributed by atoms with Crippen LogP contribution in [0, 0.1) is 3.57 Å². The number of rotatable bonds is 5. The topological polar surface area (TPSA) is 90.8 Å². The molecule has 3 rings (SSSR count). The Kier molecular flexibility index (Phi) is 6.25. The van der Waals surface area contributed by atoms with Gasteiger partial charge in [0.15, 0.2) is 0 Å². The van der Waals surface area contributed by atoms with Crippen molar-refractivity contribution in [3.63, 3.8) is 0 Å². The average molecular weight is 487 g/mol. The van der Waals surface area contributed by atoms with Gasteiger partial charge in [-0.2, -0.15) is 5.10 Å². The van der Waals surface area contributed by atoms with Gasteiger partial charge in [0.05, 0.1) is 12.0 Å². The summed E-state index contributed by atoms with van der Waals surface area (Å²) < 4.78 is 1.02. The molecule has 0 spiro atoms. The predicted molar refractivity (Wildman–Crippen MR) is 119 cm³/mol. The summed E-state index contributed by atoms with van der Waals surface area (Å²) in [6, 6.07) is 18.0. The highest BCUT2D eigenvalue weighted by atomic mass is 127. The molecule has 3 aromatic rings. The molecule has 28 heavy (non-hydrogen) atoms. The van der Waals surface area contributed by atoms with Crippen LogP contribution in [0.2, 0.25) is 0 Å². The van der Waals surface area contributed by atoms with Gasteiger partial charge in [0.25, 0.3) is 5.91 Å². The van der Waals surface area contributed by atoms with E-state index >= 15 is 0 Å². The van der Waals surface area contributed by atoms with Crippen LogP contribution in [0.4, 0.5) is 5.69 Å². The Morgan fingerprint density at radius 1 is 1.04 bits per heavy atom. The maximum Gasteiger partial charge on any atom is 0.275 e. The van der Waals surface area contributed by atoms with Crippen molar-refractivity contribution in [2.75, 3.05) is 5.32 Å². The first-order valence-electron chi connectivity index (χ1n) is 8.53. The zero-order valence-electron chi connectivity index (χ0n) is 15.1. The van der Waals surface area contributed by atoms with Gasteiger partial charge in [-0.15, -0.1) is 0 Å². The maximum absolute atomic E-state index is 12.3. The Balaban J connectivity index is 1.63. The van der Waals surface area contributed by atoms with E-state index in [1.54, 1.807) is 19.1 Å². The maximum atomic E-state index is 12.3. The number of halogens is 1. The molecule has 3 aromatic carbocycles. The van der Waals surface area contributed by atoms with Crippen LogP contribution in [0.15, 0.2) is 65.8 Å². The largest absolute Gasteiger partial charge is 0.507 e. The summed E-state index contributed by atoms with van der Waals surface area (Å²) in [4.78, 5) is 24.5. The number of phenolic OH excluding ortho intramolecular Hbond substituents is 1. The van der Waals surface area contributed by atoms with E-state index in [1.807, 2.05) is 42.5 Å². The molecule has 0 saturated heterocycles. The minimum Gasteiger partial charge on any atom is -0.507 e. The van der Waals surface area contributed by atoms with Crippen LogP contribution in [-0.4, -0.2) is 22.6 Å². The Morgan fingerprint density at radius 2 is 1.75 bits per heavy atom. The minimum absolute atomic E-state index is 0.0372. The van der Waals surface area contributed by atoms with Crippen molar-refractivity contribution in [2.24, 2.45) is 5.10 Å². The van der Waals surface area contributed by atoms with Gasteiger partial charge >= 0.3 is 0 Å². The number of carbonyl (C=O) groups is 2. The van der Waals surface area contributed by atoms with E-state index in [4.69, 9.17) is 0 Å². The van der Waals surface area contributed by atoms with E-state index in [2.05, 4.69) is 38.4 Å². The molecule has 0 unspecified atom stereocenters. The summed E-state index contributed by atoms with van der Waals surface area (Å²) in [5.41, 5.74) is 3.66. The zero-order valence-corrected chi connectivity index (χ0v) is 17.2. The molecule has 6 nitrogen and oxygen atoms in total. The molecule has 0 radical (unpaired) electrons. The molecule has 2 amide bonds. The second-order valence-corrected chi connectivity index (χ2v) is 7.49. The van der Waals surface area contributed by atoms with Gasteiger partial charge in [0.2, 0.25) is 5.91 Å². The lowest BCUT2D eigenvalue weighted by Crippen LogP contribution is -2.21. The third-order valence-corrected chi connectivity index (χ3v) is 4.65. The molecule has 0 fully saturated rings. The van der Waals surface area contributed by atoms with Crippen LogP contribution in [0.1, 0.15) is 23.7 Å². The normalized spacial score (nSPS) is 11.3. The number of hydrogen-bond acceptors (Lipinski definition) is 4. The molecule has 0 aromatic heterocycles. The van der Waals surface area contributed by atoms with Crippen molar-refractivity contribution >= 4 is 56.6 Å². The smallest absolute Gasteiger partial charge is 0.275 e. The molecule has 142 valence electrons. The van der Waals surface area contributed by atoms with Gasteiger partial charge in [-0.05, 0) is 70.6 Å². The molecule has 7 heteroatoms. The average Bonchev–Trinajstić information content (AvgIpc) is 2.65. The number of phenols is 1. The van der Waals surface area contributed by atoms with Crippen LogP contribution < -0.4 is 10.7 Å². The van der Waals surface area contributed by atoms with E-state index in [9.17, 15) is 14.7 Å². The van der Waals surface area contributed by atoms with Gasteiger partial charge in [-0.25, -0.2) is 5.43 Å². The number of nitrogens with zero attached hydrogens (tertiary/aromatic N) is 1. The second-order valence-electron chi connectivity index (χ2n) is 6.24.